The number of methoxy groups -OCH3 is 1. The van der Waals surface area contributed by atoms with Crippen molar-refractivity contribution in [3.05, 3.63) is 29.8 Å². The number of ether oxygens (including phenoxy) is 1. The summed E-state index contributed by atoms with van der Waals surface area (Å²) >= 11 is 0. The topological polar surface area (TPSA) is 75.6 Å². The van der Waals surface area contributed by atoms with Gasteiger partial charge >= 0.3 is 5.97 Å². The first-order chi connectivity index (χ1) is 8.45. The Hall–Kier alpha value is -2.04. The van der Waals surface area contributed by atoms with Crippen molar-refractivity contribution >= 4 is 11.9 Å². The lowest BCUT2D eigenvalue weighted by atomic mass is 9.93. The second kappa shape index (κ2) is 6.05. The highest BCUT2D eigenvalue weighted by Gasteiger charge is 2.26. The molecule has 5 heteroatoms. The molecule has 0 fully saturated rings. The minimum atomic E-state index is -1.06. The lowest BCUT2D eigenvalue weighted by Crippen LogP contribution is -2.43. The molecule has 0 saturated heterocycles. The second-order valence-electron chi connectivity index (χ2n) is 4.08. The third-order valence-electron chi connectivity index (χ3n) is 2.74. The summed E-state index contributed by atoms with van der Waals surface area (Å²) in [5.41, 5.74) is 0.801. The number of amides is 1. The van der Waals surface area contributed by atoms with Gasteiger partial charge in [-0.15, -0.1) is 0 Å². The molecule has 18 heavy (non-hydrogen) atoms. The predicted molar refractivity (Wildman–Crippen MR) is 66.6 cm³/mol. The smallest absolute Gasteiger partial charge is 0.326 e. The van der Waals surface area contributed by atoms with Crippen molar-refractivity contribution < 1.29 is 19.4 Å². The number of nitrogens with one attached hydrogen (secondary N) is 1. The fraction of sp³-hybridized carbons (Fsp3) is 0.385. The van der Waals surface area contributed by atoms with E-state index >= 15 is 0 Å². The molecule has 0 spiro atoms. The van der Waals surface area contributed by atoms with E-state index in [1.165, 1.54) is 6.92 Å². The van der Waals surface area contributed by atoms with Gasteiger partial charge in [0.2, 0.25) is 5.91 Å². The molecule has 0 saturated carbocycles. The molecule has 0 heterocycles. The van der Waals surface area contributed by atoms with E-state index in [1.54, 1.807) is 32.2 Å². The molecule has 1 aromatic rings. The molecule has 1 aromatic carbocycles. The van der Waals surface area contributed by atoms with E-state index < -0.39 is 12.0 Å². The average Bonchev–Trinajstić information content (AvgIpc) is 2.34. The summed E-state index contributed by atoms with van der Waals surface area (Å²) in [5, 5.41) is 11.6. The molecular formula is C13H17NO4. The molecule has 5 nitrogen and oxygen atoms in total. The fourth-order valence-corrected chi connectivity index (χ4v) is 1.74. The molecule has 98 valence electrons. The molecule has 0 aliphatic heterocycles. The largest absolute Gasteiger partial charge is 0.497 e. The molecule has 2 unspecified atom stereocenters. The van der Waals surface area contributed by atoms with E-state index in [9.17, 15) is 9.59 Å². The Bertz CT molecular complexity index is 444. The Balaban J connectivity index is 2.97. The molecule has 2 N–H and O–H groups in total. The van der Waals surface area contributed by atoms with Crippen LogP contribution in [0, 0.1) is 0 Å². The van der Waals surface area contributed by atoms with Gasteiger partial charge in [0.15, 0.2) is 0 Å². The summed E-state index contributed by atoms with van der Waals surface area (Å²) in [4.78, 5) is 22.2. The molecule has 0 aliphatic rings. The number of carbonyl (C=O) groups excluding carboxylic acids is 1. The van der Waals surface area contributed by atoms with Crippen LogP contribution < -0.4 is 10.1 Å². The van der Waals surface area contributed by atoms with Gasteiger partial charge in [-0.05, 0) is 17.7 Å². The number of hydrogen-bond acceptors (Lipinski definition) is 3. The van der Waals surface area contributed by atoms with Crippen molar-refractivity contribution in [2.24, 2.45) is 0 Å². The van der Waals surface area contributed by atoms with Crippen LogP contribution in [0.25, 0.3) is 0 Å². The van der Waals surface area contributed by atoms with E-state index in [-0.39, 0.29) is 11.8 Å². The lowest BCUT2D eigenvalue weighted by Gasteiger charge is -2.21. The van der Waals surface area contributed by atoms with E-state index in [0.29, 0.717) is 5.75 Å². The maximum Gasteiger partial charge on any atom is 0.326 e. The van der Waals surface area contributed by atoms with Crippen molar-refractivity contribution in [3.8, 4) is 5.75 Å². The summed E-state index contributed by atoms with van der Waals surface area (Å²) < 4.78 is 5.09. The van der Waals surface area contributed by atoms with Crippen molar-refractivity contribution in [2.75, 3.05) is 7.11 Å². The SMILES string of the molecule is COc1cccc(C(C)C(NC(C)=O)C(=O)O)c1. The van der Waals surface area contributed by atoms with Crippen LogP contribution in [0.2, 0.25) is 0 Å². The highest BCUT2D eigenvalue weighted by Crippen LogP contribution is 2.23. The number of hydrogen-bond donors (Lipinski definition) is 2. The van der Waals surface area contributed by atoms with Crippen LogP contribution in [-0.2, 0) is 9.59 Å². The van der Waals surface area contributed by atoms with Crippen LogP contribution in [0.4, 0.5) is 0 Å². The molecule has 0 aliphatic carbocycles. The van der Waals surface area contributed by atoms with Crippen molar-refractivity contribution in [1.82, 2.24) is 5.32 Å². The maximum absolute atomic E-state index is 11.2. The Morgan fingerprint density at radius 1 is 1.39 bits per heavy atom. The standard InChI is InChI=1S/C13H17NO4/c1-8(12(13(16)17)14-9(2)15)10-5-4-6-11(7-10)18-3/h4-8,12H,1-3H3,(H,14,15)(H,16,17). The molecular weight excluding hydrogens is 234 g/mol. The second-order valence-corrected chi connectivity index (χ2v) is 4.08. The van der Waals surface area contributed by atoms with Crippen LogP contribution in [0.3, 0.4) is 0 Å². The normalized spacial score (nSPS) is 13.5. The highest BCUT2D eigenvalue weighted by atomic mass is 16.5. The van der Waals surface area contributed by atoms with Gasteiger partial charge in [-0.1, -0.05) is 19.1 Å². The summed E-state index contributed by atoms with van der Waals surface area (Å²) in [6.45, 7) is 3.05. The van der Waals surface area contributed by atoms with Crippen molar-refractivity contribution in [1.29, 1.82) is 0 Å². The third-order valence-corrected chi connectivity index (χ3v) is 2.74. The molecule has 2 atom stereocenters. The van der Waals surface area contributed by atoms with Gasteiger partial charge in [0.25, 0.3) is 0 Å². The molecule has 0 radical (unpaired) electrons. The zero-order chi connectivity index (χ0) is 13.7. The zero-order valence-corrected chi connectivity index (χ0v) is 10.6. The zero-order valence-electron chi connectivity index (χ0n) is 10.6. The first kappa shape index (κ1) is 14.0. The number of carboxylic acids is 1. The van der Waals surface area contributed by atoms with Crippen LogP contribution >= 0.6 is 0 Å². The molecule has 0 aromatic heterocycles. The summed E-state index contributed by atoms with van der Waals surface area (Å²) in [6, 6.07) is 6.20. The molecule has 0 bridgehead atoms. The Morgan fingerprint density at radius 3 is 2.56 bits per heavy atom. The van der Waals surface area contributed by atoms with E-state index in [4.69, 9.17) is 9.84 Å². The number of carboxylic acid groups (broad SMARTS) is 1. The summed E-state index contributed by atoms with van der Waals surface area (Å²) in [5.74, 6) is -1.11. The molecule has 1 amide bonds. The number of rotatable bonds is 5. The van der Waals surface area contributed by atoms with Crippen LogP contribution in [-0.4, -0.2) is 30.1 Å². The van der Waals surface area contributed by atoms with Gasteiger partial charge in [-0.2, -0.15) is 0 Å². The summed E-state index contributed by atoms with van der Waals surface area (Å²) in [6.07, 6.45) is 0. The quantitative estimate of drug-likeness (QED) is 0.829. The highest BCUT2D eigenvalue weighted by molar-refractivity contribution is 5.83. The van der Waals surface area contributed by atoms with Gasteiger partial charge in [-0.25, -0.2) is 4.79 Å². The Kier molecular flexibility index (Phi) is 4.71. The first-order valence-corrected chi connectivity index (χ1v) is 5.59. The van der Waals surface area contributed by atoms with Gasteiger partial charge < -0.3 is 15.2 Å². The summed E-state index contributed by atoms with van der Waals surface area (Å²) in [7, 11) is 1.55. The first-order valence-electron chi connectivity index (χ1n) is 5.59. The van der Waals surface area contributed by atoms with Crippen molar-refractivity contribution in [2.45, 2.75) is 25.8 Å². The van der Waals surface area contributed by atoms with E-state index in [0.717, 1.165) is 5.56 Å². The number of carbonyl (C=O) groups is 2. The minimum absolute atomic E-state index is 0.346. The Labute approximate surface area is 106 Å². The molecule has 1 rings (SSSR count). The van der Waals surface area contributed by atoms with Gasteiger partial charge in [-0.3, -0.25) is 4.79 Å². The predicted octanol–water partition coefficient (Wildman–Crippen LogP) is 1.39. The fourth-order valence-electron chi connectivity index (χ4n) is 1.74. The van der Waals surface area contributed by atoms with Crippen LogP contribution in [0.1, 0.15) is 25.3 Å². The number of aliphatic carboxylic acids is 1. The van der Waals surface area contributed by atoms with Crippen molar-refractivity contribution in [3.63, 3.8) is 0 Å². The van der Waals surface area contributed by atoms with Crippen LogP contribution in [0.15, 0.2) is 24.3 Å². The monoisotopic (exact) mass is 251 g/mol. The van der Waals surface area contributed by atoms with Crippen LogP contribution in [0.5, 0.6) is 5.75 Å². The maximum atomic E-state index is 11.2. The van der Waals surface area contributed by atoms with Gasteiger partial charge in [0.05, 0.1) is 7.11 Å². The third kappa shape index (κ3) is 3.48. The minimum Gasteiger partial charge on any atom is -0.497 e. The Morgan fingerprint density at radius 2 is 2.06 bits per heavy atom. The van der Waals surface area contributed by atoms with E-state index in [2.05, 4.69) is 5.32 Å². The van der Waals surface area contributed by atoms with Gasteiger partial charge in [0, 0.05) is 12.8 Å². The number of benzene rings is 1. The van der Waals surface area contributed by atoms with E-state index in [1.807, 2.05) is 6.07 Å². The van der Waals surface area contributed by atoms with Gasteiger partial charge in [0.1, 0.15) is 11.8 Å². The average molecular weight is 251 g/mol. The lowest BCUT2D eigenvalue weighted by molar-refractivity contribution is -0.142.